The molecule has 3 heterocycles. The Bertz CT molecular complexity index is 805. The summed E-state index contributed by atoms with van der Waals surface area (Å²) in [6.07, 6.45) is 0.230. The largest absolute Gasteiger partial charge is 0.459 e. The molecule has 0 bridgehead atoms. The topological polar surface area (TPSA) is 77.5 Å². The van der Waals surface area contributed by atoms with Crippen LogP contribution in [0.15, 0.2) is 23.8 Å². The molecule has 1 aromatic rings. The summed E-state index contributed by atoms with van der Waals surface area (Å²) in [6.45, 7) is 3.09. The van der Waals surface area contributed by atoms with E-state index < -0.39 is 18.2 Å². The molecule has 1 aromatic carbocycles. The van der Waals surface area contributed by atoms with E-state index in [1.54, 1.807) is 13.2 Å². The lowest BCUT2D eigenvalue weighted by atomic mass is 9.72. The molecule has 4 aliphatic rings. The van der Waals surface area contributed by atoms with Gasteiger partial charge in [0.2, 0.25) is 6.79 Å². The van der Waals surface area contributed by atoms with Crippen LogP contribution in [0.5, 0.6) is 11.5 Å². The fraction of sp³-hybridized carbons (Fsp3) is 0.526. The van der Waals surface area contributed by atoms with E-state index in [-0.39, 0.29) is 24.9 Å². The van der Waals surface area contributed by atoms with Crippen molar-refractivity contribution in [1.82, 2.24) is 4.90 Å². The Labute approximate surface area is 151 Å². The van der Waals surface area contributed by atoms with Gasteiger partial charge in [-0.05, 0) is 34.9 Å². The Morgan fingerprint density at radius 2 is 2.08 bits per heavy atom. The quantitative estimate of drug-likeness (QED) is 0.622. The predicted octanol–water partition coefficient (Wildman–Crippen LogP) is 0.944. The zero-order chi connectivity index (χ0) is 18.0. The molecule has 7 heteroatoms. The van der Waals surface area contributed by atoms with E-state index in [4.69, 9.17) is 18.9 Å². The van der Waals surface area contributed by atoms with Gasteiger partial charge in [-0.3, -0.25) is 9.69 Å². The molecule has 0 amide bonds. The maximum Gasteiger partial charge on any atom is 0.303 e. The molecule has 26 heavy (non-hydrogen) atoms. The summed E-state index contributed by atoms with van der Waals surface area (Å²) in [5.74, 6) is 0.866. The number of carbonyl (C=O) groups excluding carboxylic acids is 1. The Balaban J connectivity index is 1.66. The molecule has 138 valence electrons. The van der Waals surface area contributed by atoms with E-state index in [0.29, 0.717) is 5.75 Å². The van der Waals surface area contributed by atoms with Crippen molar-refractivity contribution in [2.24, 2.45) is 0 Å². The van der Waals surface area contributed by atoms with Gasteiger partial charge in [0.25, 0.3) is 0 Å². The fourth-order valence-electron chi connectivity index (χ4n) is 4.88. The number of hydrogen-bond acceptors (Lipinski definition) is 7. The Hall–Kier alpha value is -2.09. The second-order valence-corrected chi connectivity index (χ2v) is 7.26. The molecule has 1 fully saturated rings. The maximum absolute atomic E-state index is 11.7. The molecule has 1 saturated heterocycles. The number of nitrogens with zero attached hydrogens (tertiary/aromatic N) is 1. The van der Waals surface area contributed by atoms with E-state index >= 15 is 0 Å². The second kappa shape index (κ2) is 5.70. The highest BCUT2D eigenvalue weighted by molar-refractivity contribution is 5.67. The number of carbonyl (C=O) groups is 1. The fourth-order valence-corrected chi connectivity index (χ4v) is 4.88. The summed E-state index contributed by atoms with van der Waals surface area (Å²) < 4.78 is 22.3. The van der Waals surface area contributed by atoms with Crippen LogP contribution in [0.1, 0.15) is 24.0 Å². The molecule has 1 N–H and O–H groups in total. The molecular weight excluding hydrogens is 338 g/mol. The molecule has 1 aliphatic carbocycles. The van der Waals surface area contributed by atoms with E-state index in [9.17, 15) is 9.90 Å². The molecular formula is C19H21NO6. The van der Waals surface area contributed by atoms with Crippen molar-refractivity contribution in [2.75, 3.05) is 20.4 Å². The number of hydrogen-bond donors (Lipinski definition) is 1. The van der Waals surface area contributed by atoms with Gasteiger partial charge >= 0.3 is 5.97 Å². The number of rotatable bonds is 2. The summed E-state index contributed by atoms with van der Waals surface area (Å²) in [4.78, 5) is 14.0. The maximum atomic E-state index is 11.7. The first-order valence-electron chi connectivity index (χ1n) is 8.83. The number of aliphatic hydroxyl groups excluding tert-OH is 1. The Morgan fingerprint density at radius 3 is 2.81 bits per heavy atom. The van der Waals surface area contributed by atoms with E-state index in [0.717, 1.165) is 35.5 Å². The molecule has 0 spiro atoms. The summed E-state index contributed by atoms with van der Waals surface area (Å²) in [7, 11) is 1.69. The van der Waals surface area contributed by atoms with Crippen molar-refractivity contribution < 1.29 is 28.8 Å². The standard InChI is InChI=1S/C19H21NO6/c1-9(21)26-19-13(22)4-12-16(23-2)7-20-6-10-3-14-15(25-8-24-14)5-11(10)17(19)18(12)20/h3-5,13,16-19,22H,6-8H2,1-2H3. The van der Waals surface area contributed by atoms with Gasteiger partial charge in [0.05, 0.1) is 6.10 Å². The lowest BCUT2D eigenvalue weighted by Gasteiger charge is -2.45. The first-order valence-corrected chi connectivity index (χ1v) is 8.83. The van der Waals surface area contributed by atoms with E-state index in [1.165, 1.54) is 6.92 Å². The number of aliphatic hydroxyl groups is 1. The van der Waals surface area contributed by atoms with Crippen LogP contribution in [0.4, 0.5) is 0 Å². The van der Waals surface area contributed by atoms with Crippen LogP contribution in [0.25, 0.3) is 0 Å². The monoisotopic (exact) mass is 359 g/mol. The number of esters is 1. The number of methoxy groups -OCH3 is 1. The minimum Gasteiger partial charge on any atom is -0.459 e. The van der Waals surface area contributed by atoms with E-state index in [2.05, 4.69) is 4.90 Å². The molecule has 5 atom stereocenters. The molecule has 3 aliphatic heterocycles. The van der Waals surface area contributed by atoms with Crippen LogP contribution >= 0.6 is 0 Å². The van der Waals surface area contributed by atoms with Crippen LogP contribution in [-0.2, 0) is 20.8 Å². The van der Waals surface area contributed by atoms with Crippen LogP contribution in [0, 0.1) is 0 Å². The highest BCUT2D eigenvalue weighted by Crippen LogP contribution is 2.50. The third kappa shape index (κ3) is 2.21. The number of fused-ring (bicyclic) bond motifs is 3. The Morgan fingerprint density at radius 1 is 1.31 bits per heavy atom. The minimum atomic E-state index is -0.871. The second-order valence-electron chi connectivity index (χ2n) is 7.26. The van der Waals surface area contributed by atoms with Gasteiger partial charge in [-0.1, -0.05) is 0 Å². The van der Waals surface area contributed by atoms with Crippen LogP contribution in [-0.4, -0.2) is 60.8 Å². The summed E-state index contributed by atoms with van der Waals surface area (Å²) in [6, 6.07) is 4.02. The molecule has 7 nitrogen and oxygen atoms in total. The zero-order valence-corrected chi connectivity index (χ0v) is 14.7. The highest BCUT2D eigenvalue weighted by Gasteiger charge is 2.53. The minimum absolute atomic E-state index is 0.0422. The van der Waals surface area contributed by atoms with Gasteiger partial charge in [-0.15, -0.1) is 0 Å². The van der Waals surface area contributed by atoms with Crippen LogP contribution in [0.2, 0.25) is 0 Å². The normalized spacial score (nSPS) is 34.1. The highest BCUT2D eigenvalue weighted by atomic mass is 16.7. The lowest BCUT2D eigenvalue weighted by molar-refractivity contribution is -0.154. The average Bonchev–Trinajstić information content (AvgIpc) is 3.19. The average molecular weight is 359 g/mol. The number of ether oxygens (including phenoxy) is 4. The van der Waals surface area contributed by atoms with Crippen molar-refractivity contribution in [3.05, 3.63) is 34.9 Å². The number of benzene rings is 1. The van der Waals surface area contributed by atoms with Gasteiger partial charge in [-0.2, -0.15) is 0 Å². The van der Waals surface area contributed by atoms with Crippen molar-refractivity contribution in [1.29, 1.82) is 0 Å². The van der Waals surface area contributed by atoms with Gasteiger partial charge in [0.1, 0.15) is 12.2 Å². The summed E-state index contributed by atoms with van der Waals surface area (Å²) in [5, 5.41) is 10.7. The summed E-state index contributed by atoms with van der Waals surface area (Å²) in [5.41, 5.74) is 3.22. The molecule has 0 radical (unpaired) electrons. The van der Waals surface area contributed by atoms with Crippen LogP contribution in [0.3, 0.4) is 0 Å². The van der Waals surface area contributed by atoms with Crippen molar-refractivity contribution in [3.8, 4) is 11.5 Å². The molecule has 0 saturated carbocycles. The zero-order valence-electron chi connectivity index (χ0n) is 14.7. The first kappa shape index (κ1) is 16.1. The summed E-state index contributed by atoms with van der Waals surface area (Å²) >= 11 is 0. The van der Waals surface area contributed by atoms with Crippen molar-refractivity contribution >= 4 is 5.97 Å². The van der Waals surface area contributed by atoms with Crippen molar-refractivity contribution in [3.63, 3.8) is 0 Å². The predicted molar refractivity (Wildman–Crippen MR) is 89.9 cm³/mol. The molecule has 5 rings (SSSR count). The van der Waals surface area contributed by atoms with Gasteiger partial charge in [0.15, 0.2) is 11.5 Å². The van der Waals surface area contributed by atoms with Gasteiger partial charge in [-0.25, -0.2) is 0 Å². The van der Waals surface area contributed by atoms with E-state index in [1.807, 2.05) is 12.1 Å². The third-order valence-electron chi connectivity index (χ3n) is 5.85. The van der Waals surface area contributed by atoms with Crippen molar-refractivity contribution in [2.45, 2.75) is 43.7 Å². The smallest absolute Gasteiger partial charge is 0.303 e. The molecule has 0 aromatic heterocycles. The molecule has 5 unspecified atom stereocenters. The SMILES string of the molecule is COC1CN2Cc3cc4c(cc3C3C(OC(C)=O)C(O)C=C1C32)OCO4. The van der Waals surface area contributed by atoms with Gasteiger partial charge < -0.3 is 24.1 Å². The van der Waals surface area contributed by atoms with Gasteiger partial charge in [0, 0.05) is 39.1 Å². The lowest BCUT2D eigenvalue weighted by Crippen LogP contribution is -2.51. The van der Waals surface area contributed by atoms with Crippen LogP contribution < -0.4 is 9.47 Å². The third-order valence-corrected chi connectivity index (χ3v) is 5.85. The Kier molecular flexibility index (Phi) is 3.53. The first-order chi connectivity index (χ1) is 12.6.